The molecule has 0 fully saturated rings. The minimum atomic E-state index is -0.0836. The Labute approximate surface area is 119 Å². The highest BCUT2D eigenvalue weighted by Crippen LogP contribution is 2.19. The maximum absolute atomic E-state index is 12.1. The zero-order valence-corrected chi connectivity index (χ0v) is 12.0. The van der Waals surface area contributed by atoms with E-state index in [9.17, 15) is 4.79 Å². The quantitative estimate of drug-likeness (QED) is 0.791. The van der Waals surface area contributed by atoms with Crippen molar-refractivity contribution in [2.45, 2.75) is 19.9 Å². The maximum Gasteiger partial charge on any atom is 0.246 e. The van der Waals surface area contributed by atoms with Gasteiger partial charge in [0.2, 0.25) is 5.91 Å². The lowest BCUT2D eigenvalue weighted by Gasteiger charge is -2.21. The first-order chi connectivity index (χ1) is 9.58. The average molecular weight is 269 g/mol. The Morgan fingerprint density at radius 1 is 1.30 bits per heavy atom. The molecule has 104 valence electrons. The molecule has 0 radical (unpaired) electrons. The largest absolute Gasteiger partial charge is 0.467 e. The lowest BCUT2D eigenvalue weighted by molar-refractivity contribution is -0.126. The van der Waals surface area contributed by atoms with Crippen LogP contribution in [0.1, 0.15) is 29.9 Å². The molecule has 1 heterocycles. The summed E-state index contributed by atoms with van der Waals surface area (Å²) < 4.78 is 5.33. The summed E-state index contributed by atoms with van der Waals surface area (Å²) >= 11 is 0. The molecule has 0 saturated carbocycles. The van der Waals surface area contributed by atoms with E-state index >= 15 is 0 Å². The first-order valence-electron chi connectivity index (χ1n) is 6.63. The Morgan fingerprint density at radius 3 is 2.75 bits per heavy atom. The standard InChI is InChI=1S/C17H19NO2/c1-13-6-4-7-15(12-13)9-10-17(19)18(3)14(2)16-8-5-11-20-16/h4-12,14H,1-3H3/b10-9+. The van der Waals surface area contributed by atoms with Crippen molar-refractivity contribution in [3.8, 4) is 0 Å². The van der Waals surface area contributed by atoms with E-state index in [4.69, 9.17) is 4.42 Å². The Morgan fingerprint density at radius 2 is 2.10 bits per heavy atom. The molecule has 3 nitrogen and oxygen atoms in total. The number of carbonyl (C=O) groups is 1. The monoisotopic (exact) mass is 269 g/mol. The highest BCUT2D eigenvalue weighted by molar-refractivity contribution is 5.91. The van der Waals surface area contributed by atoms with Crippen LogP contribution in [0.2, 0.25) is 0 Å². The van der Waals surface area contributed by atoms with Gasteiger partial charge < -0.3 is 9.32 Å². The molecule has 0 aliphatic rings. The first-order valence-corrected chi connectivity index (χ1v) is 6.63. The first kappa shape index (κ1) is 14.1. The molecule has 0 bridgehead atoms. The highest BCUT2D eigenvalue weighted by Gasteiger charge is 2.17. The maximum atomic E-state index is 12.1. The van der Waals surface area contributed by atoms with E-state index in [0.29, 0.717) is 0 Å². The smallest absolute Gasteiger partial charge is 0.246 e. The third-order valence-electron chi connectivity index (χ3n) is 3.34. The van der Waals surface area contributed by atoms with Crippen molar-refractivity contribution >= 4 is 12.0 Å². The van der Waals surface area contributed by atoms with E-state index in [1.807, 2.05) is 56.3 Å². The van der Waals surface area contributed by atoms with Gasteiger partial charge in [0.1, 0.15) is 5.76 Å². The van der Waals surface area contributed by atoms with Crippen molar-refractivity contribution in [1.82, 2.24) is 4.90 Å². The summed E-state index contributed by atoms with van der Waals surface area (Å²) in [5, 5.41) is 0. The predicted octanol–water partition coefficient (Wildman–Crippen LogP) is 3.82. The van der Waals surface area contributed by atoms with Crippen molar-refractivity contribution in [3.05, 3.63) is 65.6 Å². The molecule has 1 amide bonds. The second-order valence-corrected chi connectivity index (χ2v) is 4.89. The Kier molecular flexibility index (Phi) is 4.41. The molecule has 0 saturated heterocycles. The van der Waals surface area contributed by atoms with Crippen molar-refractivity contribution in [2.24, 2.45) is 0 Å². The number of carbonyl (C=O) groups excluding carboxylic acids is 1. The van der Waals surface area contributed by atoms with Crippen molar-refractivity contribution in [1.29, 1.82) is 0 Å². The molecule has 1 unspecified atom stereocenters. The van der Waals surface area contributed by atoms with E-state index in [1.165, 1.54) is 5.56 Å². The van der Waals surface area contributed by atoms with Crippen LogP contribution in [0.5, 0.6) is 0 Å². The molecule has 3 heteroatoms. The van der Waals surface area contributed by atoms with Crippen LogP contribution in [0.3, 0.4) is 0 Å². The molecule has 1 aromatic carbocycles. The normalized spacial score (nSPS) is 12.6. The van der Waals surface area contributed by atoms with E-state index in [2.05, 4.69) is 0 Å². The Bertz CT molecular complexity index is 599. The number of nitrogens with zero attached hydrogens (tertiary/aromatic N) is 1. The summed E-state index contributed by atoms with van der Waals surface area (Å²) in [7, 11) is 1.77. The number of likely N-dealkylation sites (N-methyl/N-ethyl adjacent to an activating group) is 1. The van der Waals surface area contributed by atoms with E-state index in [0.717, 1.165) is 11.3 Å². The second-order valence-electron chi connectivity index (χ2n) is 4.89. The topological polar surface area (TPSA) is 33.5 Å². The molecular formula is C17H19NO2. The minimum Gasteiger partial charge on any atom is -0.467 e. The molecule has 0 N–H and O–H groups in total. The van der Waals surface area contributed by atoms with Crippen molar-refractivity contribution in [3.63, 3.8) is 0 Å². The van der Waals surface area contributed by atoms with E-state index in [1.54, 1.807) is 24.3 Å². The molecule has 1 aromatic heterocycles. The zero-order valence-electron chi connectivity index (χ0n) is 12.0. The van der Waals surface area contributed by atoms with Gasteiger partial charge in [-0.25, -0.2) is 0 Å². The third-order valence-corrected chi connectivity index (χ3v) is 3.34. The number of hydrogen-bond acceptors (Lipinski definition) is 2. The fourth-order valence-electron chi connectivity index (χ4n) is 1.97. The van der Waals surface area contributed by atoms with Crippen LogP contribution in [-0.2, 0) is 4.79 Å². The number of amides is 1. The average Bonchev–Trinajstić information content (AvgIpc) is 2.97. The van der Waals surface area contributed by atoms with Gasteiger partial charge in [0, 0.05) is 13.1 Å². The fraction of sp³-hybridized carbons (Fsp3) is 0.235. The number of benzene rings is 1. The van der Waals surface area contributed by atoms with Crippen LogP contribution in [0.25, 0.3) is 6.08 Å². The molecule has 2 aromatic rings. The van der Waals surface area contributed by atoms with Gasteiger partial charge >= 0.3 is 0 Å². The summed E-state index contributed by atoms with van der Waals surface area (Å²) in [4.78, 5) is 13.8. The van der Waals surface area contributed by atoms with Gasteiger partial charge in [-0.3, -0.25) is 4.79 Å². The number of hydrogen-bond donors (Lipinski definition) is 0. The molecule has 0 aliphatic carbocycles. The molecule has 0 spiro atoms. The SMILES string of the molecule is Cc1cccc(/C=C/C(=O)N(C)C(C)c2ccco2)c1. The van der Waals surface area contributed by atoms with Gasteiger partial charge in [-0.15, -0.1) is 0 Å². The summed E-state index contributed by atoms with van der Waals surface area (Å²) in [6.45, 7) is 3.97. The van der Waals surface area contributed by atoms with Crippen LogP contribution in [0.15, 0.2) is 53.2 Å². The summed E-state index contributed by atoms with van der Waals surface area (Å²) in [5.41, 5.74) is 2.20. The van der Waals surface area contributed by atoms with Gasteiger partial charge in [-0.05, 0) is 37.6 Å². The van der Waals surface area contributed by atoms with E-state index < -0.39 is 0 Å². The minimum absolute atomic E-state index is 0.0459. The Balaban J connectivity index is 2.04. The number of rotatable bonds is 4. The number of aryl methyl sites for hydroxylation is 1. The molecular weight excluding hydrogens is 250 g/mol. The van der Waals surface area contributed by atoms with Gasteiger partial charge in [-0.2, -0.15) is 0 Å². The van der Waals surface area contributed by atoms with Crippen LogP contribution in [0.4, 0.5) is 0 Å². The zero-order chi connectivity index (χ0) is 14.5. The van der Waals surface area contributed by atoms with Crippen molar-refractivity contribution < 1.29 is 9.21 Å². The summed E-state index contributed by atoms with van der Waals surface area (Å²) in [5.74, 6) is 0.736. The van der Waals surface area contributed by atoms with Crippen LogP contribution < -0.4 is 0 Å². The van der Waals surface area contributed by atoms with Crippen LogP contribution in [0, 0.1) is 6.92 Å². The molecule has 2 rings (SSSR count). The summed E-state index contributed by atoms with van der Waals surface area (Å²) in [6.07, 6.45) is 5.04. The lowest BCUT2D eigenvalue weighted by atomic mass is 10.1. The summed E-state index contributed by atoms with van der Waals surface area (Å²) in [6, 6.07) is 11.6. The lowest BCUT2D eigenvalue weighted by Crippen LogP contribution is -2.27. The van der Waals surface area contributed by atoms with Gasteiger partial charge in [0.15, 0.2) is 0 Å². The van der Waals surface area contributed by atoms with E-state index in [-0.39, 0.29) is 11.9 Å². The van der Waals surface area contributed by atoms with Crippen molar-refractivity contribution in [2.75, 3.05) is 7.05 Å². The molecule has 0 aliphatic heterocycles. The third kappa shape index (κ3) is 3.38. The van der Waals surface area contributed by atoms with Gasteiger partial charge in [-0.1, -0.05) is 29.8 Å². The fourth-order valence-corrected chi connectivity index (χ4v) is 1.97. The second kappa shape index (κ2) is 6.24. The van der Waals surface area contributed by atoms with Gasteiger partial charge in [0.25, 0.3) is 0 Å². The highest BCUT2D eigenvalue weighted by atomic mass is 16.3. The van der Waals surface area contributed by atoms with Crippen LogP contribution in [-0.4, -0.2) is 17.9 Å². The van der Waals surface area contributed by atoms with Gasteiger partial charge in [0.05, 0.1) is 12.3 Å². The van der Waals surface area contributed by atoms with Crippen LogP contribution >= 0.6 is 0 Å². The number of furan rings is 1. The molecule has 1 atom stereocenters. The Hall–Kier alpha value is -2.29. The molecule has 20 heavy (non-hydrogen) atoms. The predicted molar refractivity (Wildman–Crippen MR) is 80.1 cm³/mol.